The van der Waals surface area contributed by atoms with Gasteiger partial charge in [-0.1, -0.05) is 29.3 Å². The van der Waals surface area contributed by atoms with E-state index in [1.165, 1.54) is 12.1 Å². The molecule has 4 nitrogen and oxygen atoms in total. The summed E-state index contributed by atoms with van der Waals surface area (Å²) in [6.45, 7) is 0.307. The molecule has 0 heterocycles. The van der Waals surface area contributed by atoms with Gasteiger partial charge < -0.3 is 9.47 Å². The molecule has 0 aromatic heterocycles. The number of nitrogens with zero attached hydrogens (tertiary/aromatic N) is 1. The van der Waals surface area contributed by atoms with Gasteiger partial charge in [-0.05, 0) is 65.7 Å². The summed E-state index contributed by atoms with van der Waals surface area (Å²) in [4.78, 5) is 0. The first kappa shape index (κ1) is 20.0. The average molecular weight is 419 g/mol. The quantitative estimate of drug-likeness (QED) is 0.368. The summed E-state index contributed by atoms with van der Waals surface area (Å²) >= 11 is 12.0. The molecule has 0 amide bonds. The minimum absolute atomic E-state index is 0.298. The fourth-order valence-electron chi connectivity index (χ4n) is 2.38. The van der Waals surface area contributed by atoms with E-state index in [9.17, 15) is 4.39 Å². The molecule has 3 rings (SSSR count). The molecule has 28 heavy (non-hydrogen) atoms. The Bertz CT molecular complexity index is 979. The molecule has 144 valence electrons. The van der Waals surface area contributed by atoms with Gasteiger partial charge in [-0.3, -0.25) is 5.43 Å². The second kappa shape index (κ2) is 9.44. The van der Waals surface area contributed by atoms with Gasteiger partial charge in [-0.25, -0.2) is 4.39 Å². The highest BCUT2D eigenvalue weighted by Gasteiger charge is 2.07. The molecule has 1 N–H and O–H groups in total. The molecule has 0 radical (unpaired) electrons. The van der Waals surface area contributed by atoms with Crippen molar-refractivity contribution in [2.45, 2.75) is 6.61 Å². The molecule has 0 unspecified atom stereocenters. The fraction of sp³-hybridized carbons (Fsp3) is 0.0952. The predicted molar refractivity (Wildman–Crippen MR) is 111 cm³/mol. The second-order valence-corrected chi connectivity index (χ2v) is 6.64. The Morgan fingerprint density at radius 2 is 1.75 bits per heavy atom. The molecule has 0 aliphatic rings. The van der Waals surface area contributed by atoms with Crippen LogP contribution in [-0.4, -0.2) is 13.3 Å². The van der Waals surface area contributed by atoms with E-state index in [4.69, 9.17) is 32.7 Å². The van der Waals surface area contributed by atoms with Crippen LogP contribution in [0, 0.1) is 5.82 Å². The number of hydrogen-bond acceptors (Lipinski definition) is 4. The summed E-state index contributed by atoms with van der Waals surface area (Å²) in [5, 5.41) is 5.12. The minimum atomic E-state index is -0.298. The monoisotopic (exact) mass is 418 g/mol. The lowest BCUT2D eigenvalue weighted by Gasteiger charge is -2.12. The largest absolute Gasteiger partial charge is 0.493 e. The van der Waals surface area contributed by atoms with E-state index in [0.29, 0.717) is 33.8 Å². The maximum Gasteiger partial charge on any atom is 0.162 e. The van der Waals surface area contributed by atoms with Crippen molar-refractivity contribution in [2.24, 2.45) is 5.10 Å². The minimum Gasteiger partial charge on any atom is -0.493 e. The number of anilines is 1. The summed E-state index contributed by atoms with van der Waals surface area (Å²) in [5.74, 6) is 0.872. The Hall–Kier alpha value is -2.76. The van der Waals surface area contributed by atoms with E-state index in [0.717, 1.165) is 11.1 Å². The molecular formula is C21H17Cl2FN2O2. The second-order valence-electron chi connectivity index (χ2n) is 5.82. The third-order valence-electron chi connectivity index (χ3n) is 3.82. The highest BCUT2D eigenvalue weighted by Crippen LogP contribution is 2.29. The van der Waals surface area contributed by atoms with Gasteiger partial charge in [0, 0.05) is 0 Å². The van der Waals surface area contributed by atoms with Gasteiger partial charge in [-0.15, -0.1) is 0 Å². The van der Waals surface area contributed by atoms with Crippen LogP contribution >= 0.6 is 23.2 Å². The van der Waals surface area contributed by atoms with E-state index >= 15 is 0 Å². The van der Waals surface area contributed by atoms with Crippen molar-refractivity contribution in [3.8, 4) is 11.5 Å². The van der Waals surface area contributed by atoms with Crippen molar-refractivity contribution in [3.63, 3.8) is 0 Å². The van der Waals surface area contributed by atoms with Gasteiger partial charge >= 0.3 is 0 Å². The number of benzene rings is 3. The molecule has 0 saturated heterocycles. The first-order chi connectivity index (χ1) is 13.5. The number of methoxy groups -OCH3 is 1. The smallest absolute Gasteiger partial charge is 0.162 e. The lowest BCUT2D eigenvalue weighted by atomic mass is 10.2. The molecule has 0 aliphatic carbocycles. The molecule has 3 aromatic carbocycles. The average Bonchev–Trinajstić information content (AvgIpc) is 2.70. The first-order valence-corrected chi connectivity index (χ1v) is 9.10. The van der Waals surface area contributed by atoms with Crippen LogP contribution in [0.3, 0.4) is 0 Å². The summed E-state index contributed by atoms with van der Waals surface area (Å²) in [6, 6.07) is 16.7. The molecule has 0 aliphatic heterocycles. The number of ether oxygens (including phenoxy) is 2. The van der Waals surface area contributed by atoms with Crippen LogP contribution < -0.4 is 14.9 Å². The zero-order valence-corrected chi connectivity index (χ0v) is 16.5. The lowest BCUT2D eigenvalue weighted by Crippen LogP contribution is -1.99. The topological polar surface area (TPSA) is 42.8 Å². The molecule has 0 atom stereocenters. The Kier molecular flexibility index (Phi) is 6.74. The molecule has 0 saturated carbocycles. The van der Waals surface area contributed by atoms with Crippen LogP contribution in [0.15, 0.2) is 65.8 Å². The standard InChI is InChI=1S/C21H17Cl2FN2O2/c1-27-20-9-3-14(12-25-26-17-6-4-16(24)5-7-17)11-21(20)28-13-15-2-8-18(22)19(23)10-15/h2-12,26H,13H2,1H3. The zero-order chi connectivity index (χ0) is 19.9. The molecule has 7 heteroatoms. The summed E-state index contributed by atoms with van der Waals surface area (Å²) in [5.41, 5.74) is 5.21. The first-order valence-electron chi connectivity index (χ1n) is 8.34. The van der Waals surface area contributed by atoms with E-state index in [2.05, 4.69) is 10.5 Å². The van der Waals surface area contributed by atoms with Crippen molar-refractivity contribution in [3.05, 3.63) is 87.7 Å². The predicted octanol–water partition coefficient (Wildman–Crippen LogP) is 6.17. The molecule has 0 spiro atoms. The Balaban J connectivity index is 1.69. The van der Waals surface area contributed by atoms with Crippen molar-refractivity contribution >= 4 is 35.1 Å². The Morgan fingerprint density at radius 1 is 0.964 bits per heavy atom. The summed E-state index contributed by atoms with van der Waals surface area (Å²) in [7, 11) is 1.57. The van der Waals surface area contributed by atoms with E-state index < -0.39 is 0 Å². The van der Waals surface area contributed by atoms with Crippen molar-refractivity contribution < 1.29 is 13.9 Å². The third kappa shape index (κ3) is 5.38. The molecular weight excluding hydrogens is 402 g/mol. The number of hydrogen-bond donors (Lipinski definition) is 1. The molecule has 0 fully saturated rings. The summed E-state index contributed by atoms with van der Waals surface area (Å²) < 4.78 is 24.1. The highest BCUT2D eigenvalue weighted by atomic mass is 35.5. The van der Waals surface area contributed by atoms with Crippen LogP contribution in [0.4, 0.5) is 10.1 Å². The number of nitrogens with one attached hydrogen (secondary N) is 1. The SMILES string of the molecule is COc1ccc(C=NNc2ccc(F)cc2)cc1OCc1ccc(Cl)c(Cl)c1. The van der Waals surface area contributed by atoms with E-state index in [-0.39, 0.29) is 5.82 Å². The van der Waals surface area contributed by atoms with Crippen LogP contribution in [0.5, 0.6) is 11.5 Å². The van der Waals surface area contributed by atoms with E-state index in [1.807, 2.05) is 18.2 Å². The number of rotatable bonds is 7. The van der Waals surface area contributed by atoms with Crippen LogP contribution in [0.25, 0.3) is 0 Å². The van der Waals surface area contributed by atoms with Gasteiger partial charge in [-0.2, -0.15) is 5.10 Å². The van der Waals surface area contributed by atoms with Crippen molar-refractivity contribution in [2.75, 3.05) is 12.5 Å². The number of halogens is 3. The zero-order valence-electron chi connectivity index (χ0n) is 15.0. The lowest BCUT2D eigenvalue weighted by molar-refractivity contribution is 0.284. The van der Waals surface area contributed by atoms with Gasteiger partial charge in [0.25, 0.3) is 0 Å². The summed E-state index contributed by atoms with van der Waals surface area (Å²) in [6.07, 6.45) is 1.63. The van der Waals surface area contributed by atoms with Gasteiger partial charge in [0.1, 0.15) is 12.4 Å². The number of hydrazone groups is 1. The van der Waals surface area contributed by atoms with Crippen molar-refractivity contribution in [1.82, 2.24) is 0 Å². The van der Waals surface area contributed by atoms with Crippen molar-refractivity contribution in [1.29, 1.82) is 0 Å². The molecule has 0 bridgehead atoms. The van der Waals surface area contributed by atoms with Crippen LogP contribution in [0.1, 0.15) is 11.1 Å². The highest BCUT2D eigenvalue weighted by molar-refractivity contribution is 6.42. The van der Waals surface area contributed by atoms with Gasteiger partial charge in [0.05, 0.1) is 29.1 Å². The normalized spacial score (nSPS) is 10.9. The molecule has 3 aromatic rings. The third-order valence-corrected chi connectivity index (χ3v) is 4.56. The van der Waals surface area contributed by atoms with E-state index in [1.54, 1.807) is 43.7 Å². The Morgan fingerprint density at radius 3 is 2.46 bits per heavy atom. The van der Waals surface area contributed by atoms with Crippen LogP contribution in [0.2, 0.25) is 10.0 Å². The van der Waals surface area contributed by atoms with Crippen LogP contribution in [-0.2, 0) is 6.61 Å². The maximum absolute atomic E-state index is 12.9. The fourth-order valence-corrected chi connectivity index (χ4v) is 2.70. The Labute approximate surface area is 172 Å². The maximum atomic E-state index is 12.9. The van der Waals surface area contributed by atoms with Gasteiger partial charge in [0.15, 0.2) is 11.5 Å². The van der Waals surface area contributed by atoms with Gasteiger partial charge in [0.2, 0.25) is 0 Å².